The van der Waals surface area contributed by atoms with Gasteiger partial charge in [-0.1, -0.05) is 103 Å². The molecule has 1 aliphatic heterocycles. The molecule has 0 spiro atoms. The molecule has 0 aliphatic carbocycles. The Hall–Kier alpha value is -5.02. The van der Waals surface area contributed by atoms with Gasteiger partial charge in [-0.05, 0) is 46.0 Å². The van der Waals surface area contributed by atoms with E-state index in [9.17, 15) is 0 Å². The number of anilines is 3. The molecule has 0 unspecified atom stereocenters. The zero-order valence-electron chi connectivity index (χ0n) is 20.0. The van der Waals surface area contributed by atoms with Crippen LogP contribution in [0.5, 0.6) is 0 Å². The van der Waals surface area contributed by atoms with Crippen LogP contribution >= 0.6 is 0 Å². The summed E-state index contributed by atoms with van der Waals surface area (Å²) in [5.41, 5.74) is 8.41. The lowest BCUT2D eigenvalue weighted by Crippen LogP contribution is -2.18. The van der Waals surface area contributed by atoms with E-state index >= 15 is 0 Å². The van der Waals surface area contributed by atoms with Crippen molar-refractivity contribution in [1.82, 2.24) is 9.97 Å². The minimum absolute atomic E-state index is 0.837. The number of para-hydroxylation sites is 2. The molecular weight excluding hydrogens is 450 g/mol. The van der Waals surface area contributed by atoms with E-state index < -0.39 is 0 Å². The highest BCUT2D eigenvalue weighted by Crippen LogP contribution is 2.53. The summed E-state index contributed by atoms with van der Waals surface area (Å²) >= 11 is 0. The fraction of sp³-hybridized carbons (Fsp3) is 0. The molecule has 172 valence electrons. The Labute approximate surface area is 214 Å². The summed E-state index contributed by atoms with van der Waals surface area (Å²) in [6.45, 7) is 0. The SMILES string of the molecule is c1ccc(-c2nc3ccccc3nc2N2c3ccc4ccccc4c3-c3cccc4cccc2c34)cc1. The van der Waals surface area contributed by atoms with Gasteiger partial charge >= 0.3 is 0 Å². The van der Waals surface area contributed by atoms with E-state index in [1.807, 2.05) is 30.3 Å². The molecule has 0 fully saturated rings. The van der Waals surface area contributed by atoms with Gasteiger partial charge in [-0.15, -0.1) is 0 Å². The summed E-state index contributed by atoms with van der Waals surface area (Å²) in [5, 5.41) is 4.92. The first-order valence-electron chi connectivity index (χ1n) is 12.5. The quantitative estimate of drug-likeness (QED) is 0.252. The van der Waals surface area contributed by atoms with Crippen molar-refractivity contribution in [2.24, 2.45) is 0 Å². The van der Waals surface area contributed by atoms with Crippen LogP contribution in [0, 0.1) is 0 Å². The van der Waals surface area contributed by atoms with Gasteiger partial charge in [0.2, 0.25) is 0 Å². The van der Waals surface area contributed by atoms with E-state index in [-0.39, 0.29) is 0 Å². The number of aromatic nitrogens is 2. The number of rotatable bonds is 2. The molecule has 3 heteroatoms. The van der Waals surface area contributed by atoms with Crippen LogP contribution in [-0.4, -0.2) is 9.97 Å². The molecule has 7 aromatic rings. The molecule has 3 nitrogen and oxygen atoms in total. The Morgan fingerprint density at radius 3 is 2.05 bits per heavy atom. The van der Waals surface area contributed by atoms with E-state index in [0.717, 1.165) is 39.5 Å². The van der Waals surface area contributed by atoms with E-state index in [2.05, 4.69) is 102 Å². The summed E-state index contributed by atoms with van der Waals surface area (Å²) < 4.78 is 0. The standard InChI is InChI=1S/C34H21N3/c1-2-11-24(12-3-1)33-34(36-28-18-7-6-17-27(28)35-33)37-29-19-9-14-23-13-8-16-26(31(23)29)32-25-15-5-4-10-22(25)20-21-30(32)37/h1-21H. The van der Waals surface area contributed by atoms with Crippen molar-refractivity contribution >= 4 is 49.8 Å². The van der Waals surface area contributed by atoms with Crippen LogP contribution in [0.15, 0.2) is 127 Å². The van der Waals surface area contributed by atoms with Gasteiger partial charge in [-0.3, -0.25) is 4.90 Å². The monoisotopic (exact) mass is 471 g/mol. The van der Waals surface area contributed by atoms with Crippen molar-refractivity contribution in [2.45, 2.75) is 0 Å². The normalized spacial score (nSPS) is 12.3. The van der Waals surface area contributed by atoms with E-state index in [0.29, 0.717) is 0 Å². The second-order valence-electron chi connectivity index (χ2n) is 9.45. The number of hydrogen-bond acceptors (Lipinski definition) is 3. The number of fused-ring (bicyclic) bond motifs is 5. The van der Waals surface area contributed by atoms with Crippen LogP contribution < -0.4 is 4.90 Å². The third kappa shape index (κ3) is 2.95. The highest BCUT2D eigenvalue weighted by atomic mass is 15.2. The third-order valence-corrected chi connectivity index (χ3v) is 7.35. The summed E-state index contributed by atoms with van der Waals surface area (Å²) in [4.78, 5) is 12.8. The van der Waals surface area contributed by atoms with E-state index in [4.69, 9.17) is 9.97 Å². The number of benzene rings is 6. The molecule has 0 atom stereocenters. The molecule has 0 saturated heterocycles. The molecule has 0 saturated carbocycles. The molecule has 8 rings (SSSR count). The fourth-order valence-electron chi connectivity index (χ4n) is 5.74. The Bertz CT molecular complexity index is 1990. The van der Waals surface area contributed by atoms with Gasteiger partial charge in [0.25, 0.3) is 0 Å². The first kappa shape index (κ1) is 20.2. The first-order valence-corrected chi connectivity index (χ1v) is 12.5. The summed E-state index contributed by atoms with van der Waals surface area (Å²) in [6.07, 6.45) is 0. The van der Waals surface area contributed by atoms with E-state index in [1.165, 1.54) is 32.7 Å². The van der Waals surface area contributed by atoms with Crippen LogP contribution in [-0.2, 0) is 0 Å². The average molecular weight is 472 g/mol. The molecule has 0 N–H and O–H groups in total. The predicted octanol–water partition coefficient (Wildman–Crippen LogP) is 9.05. The summed E-state index contributed by atoms with van der Waals surface area (Å²) in [6, 6.07) is 44.7. The molecule has 37 heavy (non-hydrogen) atoms. The zero-order valence-corrected chi connectivity index (χ0v) is 20.0. The number of hydrogen-bond donors (Lipinski definition) is 0. The molecular formula is C34H21N3. The highest BCUT2D eigenvalue weighted by Gasteiger charge is 2.30. The highest BCUT2D eigenvalue weighted by molar-refractivity contribution is 6.19. The molecule has 0 radical (unpaired) electrons. The van der Waals surface area contributed by atoms with Crippen LogP contribution in [0.4, 0.5) is 17.2 Å². The molecule has 1 aromatic heterocycles. The minimum Gasteiger partial charge on any atom is -0.292 e. The topological polar surface area (TPSA) is 29.0 Å². The molecule has 1 aliphatic rings. The predicted molar refractivity (Wildman–Crippen MR) is 154 cm³/mol. The maximum Gasteiger partial charge on any atom is 0.165 e. The Morgan fingerprint density at radius 2 is 1.19 bits per heavy atom. The lowest BCUT2D eigenvalue weighted by molar-refractivity contribution is 1.18. The van der Waals surface area contributed by atoms with Gasteiger partial charge in [0.05, 0.1) is 22.4 Å². The summed E-state index contributed by atoms with van der Waals surface area (Å²) in [5.74, 6) is 0.837. The van der Waals surface area contributed by atoms with Gasteiger partial charge in [-0.2, -0.15) is 0 Å². The van der Waals surface area contributed by atoms with Crippen molar-refractivity contribution in [3.05, 3.63) is 127 Å². The minimum atomic E-state index is 0.837. The van der Waals surface area contributed by atoms with Crippen LogP contribution in [0.25, 0.3) is 55.0 Å². The molecule has 0 amide bonds. The fourth-order valence-corrected chi connectivity index (χ4v) is 5.74. The molecule has 2 heterocycles. The van der Waals surface area contributed by atoms with Crippen molar-refractivity contribution in [3.63, 3.8) is 0 Å². The largest absolute Gasteiger partial charge is 0.292 e. The Kier molecular flexibility index (Phi) is 4.23. The van der Waals surface area contributed by atoms with Gasteiger partial charge in [0, 0.05) is 16.5 Å². The van der Waals surface area contributed by atoms with Crippen LogP contribution in [0.3, 0.4) is 0 Å². The second-order valence-corrected chi connectivity index (χ2v) is 9.45. The van der Waals surface area contributed by atoms with Gasteiger partial charge < -0.3 is 0 Å². The number of nitrogens with zero attached hydrogens (tertiary/aromatic N) is 3. The van der Waals surface area contributed by atoms with Crippen LogP contribution in [0.2, 0.25) is 0 Å². The lowest BCUT2D eigenvalue weighted by atomic mass is 9.88. The Morgan fingerprint density at radius 1 is 0.486 bits per heavy atom. The zero-order chi connectivity index (χ0) is 24.3. The van der Waals surface area contributed by atoms with Crippen molar-refractivity contribution in [1.29, 1.82) is 0 Å². The molecule has 6 aromatic carbocycles. The second kappa shape index (κ2) is 7.74. The lowest BCUT2D eigenvalue weighted by Gasteiger charge is -2.34. The maximum atomic E-state index is 5.28. The van der Waals surface area contributed by atoms with Gasteiger partial charge in [0.15, 0.2) is 5.82 Å². The average Bonchev–Trinajstić information content (AvgIpc) is 2.97. The third-order valence-electron chi connectivity index (χ3n) is 7.35. The molecule has 0 bridgehead atoms. The van der Waals surface area contributed by atoms with Gasteiger partial charge in [-0.25, -0.2) is 9.97 Å². The van der Waals surface area contributed by atoms with Crippen molar-refractivity contribution < 1.29 is 0 Å². The summed E-state index contributed by atoms with van der Waals surface area (Å²) in [7, 11) is 0. The maximum absolute atomic E-state index is 5.28. The first-order chi connectivity index (χ1) is 18.4. The van der Waals surface area contributed by atoms with Crippen LogP contribution in [0.1, 0.15) is 0 Å². The van der Waals surface area contributed by atoms with Crippen molar-refractivity contribution in [3.8, 4) is 22.4 Å². The Balaban J connectivity index is 1.55. The van der Waals surface area contributed by atoms with E-state index in [1.54, 1.807) is 0 Å². The smallest absolute Gasteiger partial charge is 0.165 e. The van der Waals surface area contributed by atoms with Gasteiger partial charge in [0.1, 0.15) is 5.69 Å². The van der Waals surface area contributed by atoms with Crippen molar-refractivity contribution in [2.75, 3.05) is 4.90 Å².